The lowest BCUT2D eigenvalue weighted by atomic mass is 10.1. The third-order valence-corrected chi connectivity index (χ3v) is 3.62. The summed E-state index contributed by atoms with van der Waals surface area (Å²) >= 11 is 0. The molecule has 1 aliphatic rings. The van der Waals surface area contributed by atoms with Crippen LogP contribution in [-0.2, 0) is 0 Å². The SMILES string of the molecule is Cc1cc(N2CCN(CC(C)CN)CC2)nc(C)n1. The molecule has 2 heterocycles. The highest BCUT2D eigenvalue weighted by Gasteiger charge is 2.19. The molecule has 0 radical (unpaired) electrons. The minimum atomic E-state index is 0.579. The first-order valence-electron chi connectivity index (χ1n) is 7.08. The van der Waals surface area contributed by atoms with Crippen LogP contribution in [0.5, 0.6) is 0 Å². The smallest absolute Gasteiger partial charge is 0.132 e. The Kier molecular flexibility index (Phi) is 4.71. The predicted molar refractivity (Wildman–Crippen MR) is 78.4 cm³/mol. The molecule has 1 atom stereocenters. The largest absolute Gasteiger partial charge is 0.354 e. The second-order valence-electron chi connectivity index (χ2n) is 5.54. The Labute approximate surface area is 115 Å². The van der Waals surface area contributed by atoms with E-state index in [2.05, 4.69) is 32.8 Å². The first-order chi connectivity index (χ1) is 9.08. The number of nitrogens with two attached hydrogens (primary N) is 1. The quantitative estimate of drug-likeness (QED) is 0.871. The van der Waals surface area contributed by atoms with Crippen molar-refractivity contribution >= 4 is 5.82 Å². The molecule has 1 saturated heterocycles. The highest BCUT2D eigenvalue weighted by atomic mass is 15.3. The van der Waals surface area contributed by atoms with Crippen LogP contribution in [-0.4, -0.2) is 54.1 Å². The van der Waals surface area contributed by atoms with Crippen LogP contribution in [0.2, 0.25) is 0 Å². The number of rotatable bonds is 4. The van der Waals surface area contributed by atoms with Crippen LogP contribution in [0.1, 0.15) is 18.4 Å². The summed E-state index contributed by atoms with van der Waals surface area (Å²) < 4.78 is 0. The van der Waals surface area contributed by atoms with E-state index in [-0.39, 0.29) is 0 Å². The molecule has 5 nitrogen and oxygen atoms in total. The lowest BCUT2D eigenvalue weighted by molar-refractivity contribution is 0.226. The molecule has 1 aromatic heterocycles. The zero-order valence-electron chi connectivity index (χ0n) is 12.3. The van der Waals surface area contributed by atoms with Gasteiger partial charge in [0.15, 0.2) is 0 Å². The Morgan fingerprint density at radius 1 is 1.21 bits per heavy atom. The molecule has 0 aliphatic carbocycles. The van der Waals surface area contributed by atoms with E-state index in [9.17, 15) is 0 Å². The molecule has 0 bridgehead atoms. The summed E-state index contributed by atoms with van der Waals surface area (Å²) in [6, 6.07) is 2.07. The molecule has 0 spiro atoms. The average Bonchev–Trinajstić information content (AvgIpc) is 2.38. The van der Waals surface area contributed by atoms with Crippen LogP contribution in [0.15, 0.2) is 6.07 Å². The van der Waals surface area contributed by atoms with Gasteiger partial charge in [-0.05, 0) is 26.3 Å². The Hall–Kier alpha value is -1.20. The van der Waals surface area contributed by atoms with Crippen LogP contribution in [0.25, 0.3) is 0 Å². The van der Waals surface area contributed by atoms with Crippen molar-refractivity contribution in [2.45, 2.75) is 20.8 Å². The van der Waals surface area contributed by atoms with E-state index in [1.807, 2.05) is 13.8 Å². The van der Waals surface area contributed by atoms with E-state index < -0.39 is 0 Å². The van der Waals surface area contributed by atoms with E-state index in [0.717, 1.165) is 56.6 Å². The van der Waals surface area contributed by atoms with Gasteiger partial charge in [-0.3, -0.25) is 4.90 Å². The van der Waals surface area contributed by atoms with E-state index in [4.69, 9.17) is 5.73 Å². The highest BCUT2D eigenvalue weighted by molar-refractivity contribution is 5.40. The number of nitrogens with zero attached hydrogens (tertiary/aromatic N) is 4. The van der Waals surface area contributed by atoms with Gasteiger partial charge >= 0.3 is 0 Å². The van der Waals surface area contributed by atoms with Gasteiger partial charge in [0.2, 0.25) is 0 Å². The Balaban J connectivity index is 1.92. The fourth-order valence-electron chi connectivity index (χ4n) is 2.53. The van der Waals surface area contributed by atoms with Crippen molar-refractivity contribution in [3.8, 4) is 0 Å². The van der Waals surface area contributed by atoms with Gasteiger partial charge in [0.05, 0.1) is 0 Å². The average molecular weight is 263 g/mol. The van der Waals surface area contributed by atoms with Crippen LogP contribution in [0.4, 0.5) is 5.82 Å². The second-order valence-corrected chi connectivity index (χ2v) is 5.54. The molecule has 106 valence electrons. The molecule has 2 rings (SSSR count). The molecular weight excluding hydrogens is 238 g/mol. The summed E-state index contributed by atoms with van der Waals surface area (Å²) in [7, 11) is 0. The monoisotopic (exact) mass is 263 g/mol. The van der Waals surface area contributed by atoms with E-state index in [1.54, 1.807) is 0 Å². The number of piperazine rings is 1. The van der Waals surface area contributed by atoms with E-state index in [0.29, 0.717) is 5.92 Å². The topological polar surface area (TPSA) is 58.3 Å². The van der Waals surface area contributed by atoms with Crippen LogP contribution in [0.3, 0.4) is 0 Å². The van der Waals surface area contributed by atoms with E-state index >= 15 is 0 Å². The third kappa shape index (κ3) is 3.88. The van der Waals surface area contributed by atoms with Gasteiger partial charge in [-0.1, -0.05) is 6.92 Å². The maximum atomic E-state index is 5.69. The maximum Gasteiger partial charge on any atom is 0.132 e. The molecule has 1 aliphatic heterocycles. The maximum absolute atomic E-state index is 5.69. The number of aromatic nitrogens is 2. The third-order valence-electron chi connectivity index (χ3n) is 3.62. The van der Waals surface area contributed by atoms with Gasteiger partial charge < -0.3 is 10.6 Å². The minimum absolute atomic E-state index is 0.579. The van der Waals surface area contributed by atoms with Gasteiger partial charge in [0.25, 0.3) is 0 Å². The molecule has 19 heavy (non-hydrogen) atoms. The number of aryl methyl sites for hydroxylation is 2. The number of hydrogen-bond acceptors (Lipinski definition) is 5. The summed E-state index contributed by atoms with van der Waals surface area (Å²) in [5.41, 5.74) is 6.73. The summed E-state index contributed by atoms with van der Waals surface area (Å²) in [6.07, 6.45) is 0. The van der Waals surface area contributed by atoms with Gasteiger partial charge in [0.1, 0.15) is 11.6 Å². The lowest BCUT2D eigenvalue weighted by Crippen LogP contribution is -2.48. The van der Waals surface area contributed by atoms with Crippen molar-refractivity contribution in [3.63, 3.8) is 0 Å². The molecule has 5 heteroatoms. The highest BCUT2D eigenvalue weighted by Crippen LogP contribution is 2.15. The Morgan fingerprint density at radius 3 is 2.47 bits per heavy atom. The van der Waals surface area contributed by atoms with Gasteiger partial charge in [0, 0.05) is 44.5 Å². The van der Waals surface area contributed by atoms with Gasteiger partial charge in [-0.15, -0.1) is 0 Å². The zero-order valence-corrected chi connectivity index (χ0v) is 12.3. The Bertz CT molecular complexity index is 392. The zero-order chi connectivity index (χ0) is 13.8. The number of hydrogen-bond donors (Lipinski definition) is 1. The van der Waals surface area contributed by atoms with Crippen molar-refractivity contribution in [3.05, 3.63) is 17.6 Å². The van der Waals surface area contributed by atoms with Crippen LogP contribution in [0, 0.1) is 19.8 Å². The first-order valence-corrected chi connectivity index (χ1v) is 7.08. The first kappa shape index (κ1) is 14.2. The summed E-state index contributed by atoms with van der Waals surface area (Å²) in [4.78, 5) is 13.7. The predicted octanol–water partition coefficient (Wildman–Crippen LogP) is 0.810. The molecule has 0 saturated carbocycles. The molecule has 1 aromatic rings. The second kappa shape index (κ2) is 6.30. The van der Waals surface area contributed by atoms with Crippen molar-refractivity contribution in [2.24, 2.45) is 11.7 Å². The fraction of sp³-hybridized carbons (Fsp3) is 0.714. The molecule has 0 amide bonds. The summed E-state index contributed by atoms with van der Waals surface area (Å²) in [6.45, 7) is 12.3. The van der Waals surface area contributed by atoms with Crippen LogP contribution < -0.4 is 10.6 Å². The van der Waals surface area contributed by atoms with Crippen molar-refractivity contribution in [2.75, 3.05) is 44.2 Å². The molecule has 1 fully saturated rings. The van der Waals surface area contributed by atoms with Gasteiger partial charge in [-0.2, -0.15) is 0 Å². The molecule has 1 unspecified atom stereocenters. The van der Waals surface area contributed by atoms with Crippen molar-refractivity contribution in [1.29, 1.82) is 0 Å². The van der Waals surface area contributed by atoms with E-state index in [1.165, 1.54) is 0 Å². The van der Waals surface area contributed by atoms with Gasteiger partial charge in [-0.25, -0.2) is 9.97 Å². The summed E-state index contributed by atoms with van der Waals surface area (Å²) in [5.74, 6) is 2.50. The molecule has 2 N–H and O–H groups in total. The minimum Gasteiger partial charge on any atom is -0.354 e. The number of anilines is 1. The summed E-state index contributed by atoms with van der Waals surface area (Å²) in [5, 5.41) is 0. The Morgan fingerprint density at radius 2 is 1.89 bits per heavy atom. The van der Waals surface area contributed by atoms with Crippen molar-refractivity contribution < 1.29 is 0 Å². The van der Waals surface area contributed by atoms with Crippen molar-refractivity contribution in [1.82, 2.24) is 14.9 Å². The normalized spacial score (nSPS) is 18.6. The van der Waals surface area contributed by atoms with Crippen LogP contribution >= 0.6 is 0 Å². The molecular formula is C14H25N5. The molecule has 0 aromatic carbocycles. The lowest BCUT2D eigenvalue weighted by Gasteiger charge is -2.36. The fourth-order valence-corrected chi connectivity index (χ4v) is 2.53. The standard InChI is InChI=1S/C14H25N5/c1-11(9-15)10-18-4-6-19(7-5-18)14-8-12(2)16-13(3)17-14/h8,11H,4-7,9-10,15H2,1-3H3.